The summed E-state index contributed by atoms with van der Waals surface area (Å²) in [5.41, 5.74) is 2.46. The van der Waals surface area contributed by atoms with Crippen LogP contribution in [0.5, 0.6) is 0 Å². The highest BCUT2D eigenvalue weighted by Gasteiger charge is 2.43. The second kappa shape index (κ2) is 9.22. The van der Waals surface area contributed by atoms with E-state index in [1.165, 1.54) is 0 Å². The van der Waals surface area contributed by atoms with Crippen LogP contribution in [-0.4, -0.2) is 40.6 Å². The van der Waals surface area contributed by atoms with Gasteiger partial charge in [-0.1, -0.05) is 41.6 Å². The van der Waals surface area contributed by atoms with Gasteiger partial charge in [0, 0.05) is 50.1 Å². The molecular formula is C24H28N4O2. The number of nitrogens with zero attached hydrogens (tertiary/aromatic N) is 3. The van der Waals surface area contributed by atoms with Gasteiger partial charge in [0.15, 0.2) is 0 Å². The van der Waals surface area contributed by atoms with E-state index in [1.54, 1.807) is 6.20 Å². The lowest BCUT2D eigenvalue weighted by Crippen LogP contribution is -2.52. The molecule has 1 fully saturated rings. The molecular weight excluding hydrogens is 376 g/mol. The van der Waals surface area contributed by atoms with Crippen LogP contribution < -0.4 is 5.32 Å². The van der Waals surface area contributed by atoms with Gasteiger partial charge in [0.2, 0.25) is 5.91 Å². The molecule has 1 aliphatic rings. The van der Waals surface area contributed by atoms with Crippen molar-refractivity contribution in [1.29, 1.82) is 0 Å². The molecule has 0 saturated carbocycles. The van der Waals surface area contributed by atoms with E-state index in [0.29, 0.717) is 19.5 Å². The molecule has 0 unspecified atom stereocenters. The summed E-state index contributed by atoms with van der Waals surface area (Å²) in [5, 5.41) is 7.31. The highest BCUT2D eigenvalue weighted by molar-refractivity contribution is 5.83. The Balaban J connectivity index is 1.55. The third kappa shape index (κ3) is 4.60. The molecule has 1 saturated heterocycles. The van der Waals surface area contributed by atoms with Crippen molar-refractivity contribution >= 4 is 5.91 Å². The molecule has 1 aliphatic heterocycles. The Kier molecular flexibility index (Phi) is 6.23. The van der Waals surface area contributed by atoms with Gasteiger partial charge in [0.1, 0.15) is 11.5 Å². The van der Waals surface area contributed by atoms with E-state index in [9.17, 15) is 4.79 Å². The smallest absolute Gasteiger partial charge is 0.227 e. The fourth-order valence-electron chi connectivity index (χ4n) is 4.34. The van der Waals surface area contributed by atoms with Crippen LogP contribution in [0.15, 0.2) is 65.4 Å². The first-order valence-electron chi connectivity index (χ1n) is 10.6. The van der Waals surface area contributed by atoms with E-state index in [4.69, 9.17) is 4.52 Å². The summed E-state index contributed by atoms with van der Waals surface area (Å²) in [6.45, 7) is 5.04. The van der Waals surface area contributed by atoms with Crippen molar-refractivity contribution < 1.29 is 9.32 Å². The Morgan fingerprint density at radius 2 is 2.10 bits per heavy atom. The summed E-state index contributed by atoms with van der Waals surface area (Å²) < 4.78 is 5.67. The molecule has 3 aromatic rings. The predicted octanol–water partition coefficient (Wildman–Crippen LogP) is 3.70. The van der Waals surface area contributed by atoms with Crippen molar-refractivity contribution in [3.05, 3.63) is 72.2 Å². The summed E-state index contributed by atoms with van der Waals surface area (Å²) in [5.74, 6) is 0.849. The Hall–Kier alpha value is -2.99. The topological polar surface area (TPSA) is 71.3 Å². The van der Waals surface area contributed by atoms with Crippen LogP contribution in [-0.2, 0) is 17.8 Å². The molecule has 0 radical (unpaired) electrons. The minimum atomic E-state index is -0.524. The molecule has 0 spiro atoms. The third-order valence-corrected chi connectivity index (χ3v) is 5.75. The lowest BCUT2D eigenvalue weighted by Gasteiger charge is -2.41. The summed E-state index contributed by atoms with van der Waals surface area (Å²) >= 11 is 0. The van der Waals surface area contributed by atoms with Crippen LogP contribution in [0.25, 0.3) is 11.3 Å². The number of amides is 1. The highest BCUT2D eigenvalue weighted by atomic mass is 16.5. The largest absolute Gasteiger partial charge is 0.361 e. The summed E-state index contributed by atoms with van der Waals surface area (Å²) in [7, 11) is 0. The minimum Gasteiger partial charge on any atom is -0.361 e. The molecule has 3 heterocycles. The maximum Gasteiger partial charge on any atom is 0.227 e. The van der Waals surface area contributed by atoms with Crippen molar-refractivity contribution in [2.75, 3.05) is 19.6 Å². The average Bonchev–Trinajstić information content (AvgIpc) is 3.24. The maximum absolute atomic E-state index is 13.2. The number of hydrogen-bond donors (Lipinski definition) is 1. The van der Waals surface area contributed by atoms with Gasteiger partial charge in [0.05, 0.1) is 5.41 Å². The molecule has 0 bridgehead atoms. The maximum atomic E-state index is 13.2. The van der Waals surface area contributed by atoms with Crippen molar-refractivity contribution in [1.82, 2.24) is 20.4 Å². The number of nitrogens with one attached hydrogen (secondary N) is 1. The average molecular weight is 405 g/mol. The number of aromatic nitrogens is 2. The van der Waals surface area contributed by atoms with E-state index in [1.807, 2.05) is 55.6 Å². The van der Waals surface area contributed by atoms with Crippen LogP contribution in [0.1, 0.15) is 31.1 Å². The predicted molar refractivity (Wildman–Crippen MR) is 116 cm³/mol. The van der Waals surface area contributed by atoms with Gasteiger partial charge in [-0.05, 0) is 37.9 Å². The fraction of sp³-hybridized carbons (Fsp3) is 0.375. The zero-order chi connectivity index (χ0) is 20.8. The quantitative estimate of drug-likeness (QED) is 0.650. The van der Waals surface area contributed by atoms with Gasteiger partial charge < -0.3 is 9.84 Å². The zero-order valence-corrected chi connectivity index (χ0v) is 17.4. The molecule has 0 aliphatic carbocycles. The van der Waals surface area contributed by atoms with Gasteiger partial charge in [-0.2, -0.15) is 0 Å². The van der Waals surface area contributed by atoms with E-state index in [2.05, 4.69) is 26.4 Å². The lowest BCUT2D eigenvalue weighted by atomic mass is 9.75. The van der Waals surface area contributed by atoms with E-state index in [-0.39, 0.29) is 5.91 Å². The molecule has 6 nitrogen and oxygen atoms in total. The third-order valence-electron chi connectivity index (χ3n) is 5.75. The van der Waals surface area contributed by atoms with Crippen molar-refractivity contribution in [2.24, 2.45) is 5.41 Å². The lowest BCUT2D eigenvalue weighted by molar-refractivity contribution is -0.134. The summed E-state index contributed by atoms with van der Waals surface area (Å²) in [6.07, 6.45) is 6.03. The molecule has 156 valence electrons. The van der Waals surface area contributed by atoms with Gasteiger partial charge in [-0.3, -0.25) is 14.7 Å². The molecule has 1 N–H and O–H groups in total. The number of piperidine rings is 1. The first-order valence-corrected chi connectivity index (χ1v) is 10.6. The van der Waals surface area contributed by atoms with Gasteiger partial charge in [0.25, 0.3) is 0 Å². The standard InChI is InChI=1S/C24H28N4O2/c1-2-26-23(29)24(11-7-13-28(18-24)17-19-8-6-12-25-16-19)15-21-14-22(27-30-21)20-9-4-3-5-10-20/h3-6,8-10,12,14,16H,2,7,11,13,15,17-18H2,1H3,(H,26,29)/t24-/m1/s1. The number of benzene rings is 1. The van der Waals surface area contributed by atoms with E-state index >= 15 is 0 Å². The Morgan fingerprint density at radius 3 is 2.87 bits per heavy atom. The molecule has 2 aromatic heterocycles. The van der Waals surface area contributed by atoms with Gasteiger partial charge >= 0.3 is 0 Å². The molecule has 1 amide bonds. The molecule has 1 atom stereocenters. The number of likely N-dealkylation sites (tertiary alicyclic amines) is 1. The first-order chi connectivity index (χ1) is 14.7. The number of hydrogen-bond acceptors (Lipinski definition) is 5. The van der Waals surface area contributed by atoms with Crippen LogP contribution >= 0.6 is 0 Å². The van der Waals surface area contributed by atoms with Crippen LogP contribution in [0.3, 0.4) is 0 Å². The van der Waals surface area contributed by atoms with E-state index in [0.717, 1.165) is 48.5 Å². The monoisotopic (exact) mass is 404 g/mol. The fourth-order valence-corrected chi connectivity index (χ4v) is 4.34. The summed E-state index contributed by atoms with van der Waals surface area (Å²) in [4.78, 5) is 19.8. The van der Waals surface area contributed by atoms with Crippen molar-refractivity contribution in [3.63, 3.8) is 0 Å². The van der Waals surface area contributed by atoms with Gasteiger partial charge in [-0.15, -0.1) is 0 Å². The SMILES string of the molecule is CCNC(=O)[C@@]1(Cc2cc(-c3ccccc3)no2)CCCN(Cc2cccnc2)C1. The van der Waals surface area contributed by atoms with Crippen molar-refractivity contribution in [3.8, 4) is 11.3 Å². The number of pyridine rings is 1. The van der Waals surface area contributed by atoms with Gasteiger partial charge in [-0.25, -0.2) is 0 Å². The summed E-state index contributed by atoms with van der Waals surface area (Å²) in [6, 6.07) is 16.0. The van der Waals surface area contributed by atoms with Crippen molar-refractivity contribution in [2.45, 2.75) is 32.7 Å². The molecule has 30 heavy (non-hydrogen) atoms. The Labute approximate surface area is 177 Å². The minimum absolute atomic E-state index is 0.0959. The second-order valence-corrected chi connectivity index (χ2v) is 8.04. The zero-order valence-electron chi connectivity index (χ0n) is 17.4. The number of carbonyl (C=O) groups is 1. The van der Waals surface area contributed by atoms with Crippen LogP contribution in [0.4, 0.5) is 0 Å². The van der Waals surface area contributed by atoms with E-state index < -0.39 is 5.41 Å². The van der Waals surface area contributed by atoms with Crippen LogP contribution in [0.2, 0.25) is 0 Å². The first kappa shape index (κ1) is 20.3. The molecule has 1 aromatic carbocycles. The molecule has 6 heteroatoms. The Bertz CT molecular complexity index is 958. The van der Waals surface area contributed by atoms with Crippen LogP contribution in [0, 0.1) is 5.41 Å². The normalized spacial score (nSPS) is 19.5. The number of carbonyl (C=O) groups excluding carboxylic acids is 1. The second-order valence-electron chi connectivity index (χ2n) is 8.04. The Morgan fingerprint density at radius 1 is 1.23 bits per heavy atom. The molecule has 4 rings (SSSR count). The highest BCUT2D eigenvalue weighted by Crippen LogP contribution is 2.35. The number of rotatable bonds is 7.